The molecule has 0 spiro atoms. The molecule has 0 bridgehead atoms. The first-order valence-corrected chi connectivity index (χ1v) is 4.82. The number of hydrogen-bond acceptors (Lipinski definition) is 4. The van der Waals surface area contributed by atoms with Gasteiger partial charge >= 0.3 is 0 Å². The summed E-state index contributed by atoms with van der Waals surface area (Å²) in [7, 11) is 0. The molecule has 0 fully saturated rings. The monoisotopic (exact) mass is 220 g/mol. The number of hydrogen-bond donors (Lipinski definition) is 0. The van der Waals surface area contributed by atoms with Gasteiger partial charge in [0.1, 0.15) is 12.4 Å². The molecule has 1 aromatic carbocycles. The van der Waals surface area contributed by atoms with Crippen molar-refractivity contribution in [3.8, 4) is 11.8 Å². The van der Waals surface area contributed by atoms with E-state index in [0.717, 1.165) is 0 Å². The van der Waals surface area contributed by atoms with Crippen LogP contribution < -0.4 is 4.74 Å². The van der Waals surface area contributed by atoms with Gasteiger partial charge in [0.25, 0.3) is 5.69 Å². The van der Waals surface area contributed by atoms with Crippen LogP contribution in [0.2, 0.25) is 0 Å². The molecule has 84 valence electrons. The highest BCUT2D eigenvalue weighted by Gasteiger charge is 2.14. The van der Waals surface area contributed by atoms with Crippen molar-refractivity contribution in [1.82, 2.24) is 0 Å². The first-order valence-electron chi connectivity index (χ1n) is 4.82. The van der Waals surface area contributed by atoms with Crippen molar-refractivity contribution < 1.29 is 9.66 Å². The van der Waals surface area contributed by atoms with Gasteiger partial charge in [-0.25, -0.2) is 0 Å². The summed E-state index contributed by atoms with van der Waals surface area (Å²) in [4.78, 5) is 10.2. The molecule has 0 saturated heterocycles. The average molecular weight is 220 g/mol. The number of ether oxygens (including phenoxy) is 1. The van der Waals surface area contributed by atoms with Crippen LogP contribution in [0.1, 0.15) is 12.5 Å². The highest BCUT2D eigenvalue weighted by atomic mass is 16.6. The largest absolute Gasteiger partial charge is 0.492 e. The van der Waals surface area contributed by atoms with Gasteiger partial charge in [0.15, 0.2) is 0 Å². The van der Waals surface area contributed by atoms with E-state index < -0.39 is 4.92 Å². The Morgan fingerprint density at radius 3 is 2.88 bits per heavy atom. The van der Waals surface area contributed by atoms with Gasteiger partial charge in [0.05, 0.1) is 22.5 Å². The maximum absolute atomic E-state index is 10.7. The Morgan fingerprint density at radius 1 is 1.62 bits per heavy atom. The molecular weight excluding hydrogens is 208 g/mol. The van der Waals surface area contributed by atoms with Crippen molar-refractivity contribution in [2.75, 3.05) is 6.61 Å². The first-order chi connectivity index (χ1) is 7.56. The SMILES string of the molecule is Cc1c(OCC(C)C#N)cccc1[N+](=O)[O-]. The third-order valence-electron chi connectivity index (χ3n) is 2.16. The third kappa shape index (κ3) is 2.70. The molecular formula is C11H12N2O3. The topological polar surface area (TPSA) is 76.2 Å². The quantitative estimate of drug-likeness (QED) is 0.576. The molecule has 0 aromatic heterocycles. The van der Waals surface area contributed by atoms with E-state index in [4.69, 9.17) is 10.00 Å². The van der Waals surface area contributed by atoms with E-state index in [9.17, 15) is 10.1 Å². The second-order valence-corrected chi connectivity index (χ2v) is 3.50. The van der Waals surface area contributed by atoms with Crippen molar-refractivity contribution in [3.63, 3.8) is 0 Å². The van der Waals surface area contributed by atoms with Gasteiger partial charge in [-0.05, 0) is 19.9 Å². The van der Waals surface area contributed by atoms with Crippen LogP contribution in [-0.4, -0.2) is 11.5 Å². The third-order valence-corrected chi connectivity index (χ3v) is 2.16. The first kappa shape index (κ1) is 12.0. The number of nitrogens with zero attached hydrogens (tertiary/aromatic N) is 2. The minimum atomic E-state index is -0.448. The Balaban J connectivity index is 2.86. The Morgan fingerprint density at radius 2 is 2.31 bits per heavy atom. The highest BCUT2D eigenvalue weighted by Crippen LogP contribution is 2.27. The summed E-state index contributed by atoms with van der Waals surface area (Å²) < 4.78 is 5.35. The number of rotatable bonds is 4. The van der Waals surface area contributed by atoms with Crippen LogP contribution in [0.4, 0.5) is 5.69 Å². The smallest absolute Gasteiger partial charge is 0.276 e. The van der Waals surface area contributed by atoms with Crippen LogP contribution in [0.15, 0.2) is 18.2 Å². The van der Waals surface area contributed by atoms with Gasteiger partial charge in [-0.15, -0.1) is 0 Å². The zero-order valence-corrected chi connectivity index (χ0v) is 9.14. The minimum absolute atomic E-state index is 0.0297. The molecule has 0 radical (unpaired) electrons. The summed E-state index contributed by atoms with van der Waals surface area (Å²) in [5.74, 6) is 0.218. The predicted molar refractivity (Wildman–Crippen MR) is 58.1 cm³/mol. The Bertz CT molecular complexity index is 437. The van der Waals surface area contributed by atoms with Gasteiger partial charge < -0.3 is 4.74 Å². The molecule has 1 aromatic rings. The Hall–Kier alpha value is -2.09. The summed E-state index contributed by atoms with van der Waals surface area (Å²) >= 11 is 0. The van der Waals surface area contributed by atoms with Crippen molar-refractivity contribution in [2.24, 2.45) is 5.92 Å². The molecule has 0 aliphatic carbocycles. The van der Waals surface area contributed by atoms with Gasteiger partial charge in [0, 0.05) is 6.07 Å². The molecule has 16 heavy (non-hydrogen) atoms. The molecule has 0 aliphatic heterocycles. The zero-order chi connectivity index (χ0) is 12.1. The lowest BCUT2D eigenvalue weighted by atomic mass is 10.2. The lowest BCUT2D eigenvalue weighted by molar-refractivity contribution is -0.385. The molecule has 0 aliphatic rings. The summed E-state index contributed by atoms with van der Waals surface area (Å²) in [5, 5.41) is 19.3. The summed E-state index contributed by atoms with van der Waals surface area (Å²) in [6, 6.07) is 6.69. The molecule has 0 N–H and O–H groups in total. The lowest BCUT2D eigenvalue weighted by Gasteiger charge is -2.09. The fourth-order valence-electron chi connectivity index (χ4n) is 1.21. The summed E-state index contributed by atoms with van der Waals surface area (Å²) in [6.07, 6.45) is 0. The van der Waals surface area contributed by atoms with Crippen molar-refractivity contribution in [3.05, 3.63) is 33.9 Å². The second-order valence-electron chi connectivity index (χ2n) is 3.50. The number of nitro benzene ring substituents is 1. The maximum atomic E-state index is 10.7. The van der Waals surface area contributed by atoms with E-state index in [0.29, 0.717) is 11.3 Å². The number of benzene rings is 1. The second kappa shape index (κ2) is 5.12. The van der Waals surface area contributed by atoms with E-state index in [1.54, 1.807) is 26.0 Å². The average Bonchev–Trinajstić information content (AvgIpc) is 2.26. The molecule has 1 rings (SSSR count). The molecule has 1 atom stereocenters. The van der Waals surface area contributed by atoms with Crippen molar-refractivity contribution in [2.45, 2.75) is 13.8 Å². The Kier molecular flexibility index (Phi) is 3.84. The molecule has 1 unspecified atom stereocenters. The van der Waals surface area contributed by atoms with E-state index in [1.165, 1.54) is 6.07 Å². The number of nitriles is 1. The van der Waals surface area contributed by atoms with Crippen LogP contribution in [0.25, 0.3) is 0 Å². The fraction of sp³-hybridized carbons (Fsp3) is 0.364. The van der Waals surface area contributed by atoms with E-state index in [-0.39, 0.29) is 18.2 Å². The summed E-state index contributed by atoms with van der Waals surface area (Å²) in [6.45, 7) is 3.59. The van der Waals surface area contributed by atoms with E-state index >= 15 is 0 Å². The van der Waals surface area contributed by atoms with Crippen molar-refractivity contribution >= 4 is 5.69 Å². The minimum Gasteiger partial charge on any atom is -0.492 e. The fourth-order valence-corrected chi connectivity index (χ4v) is 1.21. The predicted octanol–water partition coefficient (Wildman–Crippen LogP) is 2.44. The van der Waals surface area contributed by atoms with Crippen LogP contribution in [0.5, 0.6) is 5.75 Å². The van der Waals surface area contributed by atoms with Crippen LogP contribution >= 0.6 is 0 Å². The normalized spacial score (nSPS) is 11.6. The zero-order valence-electron chi connectivity index (χ0n) is 9.14. The molecule has 0 saturated carbocycles. The van der Waals surface area contributed by atoms with Gasteiger partial charge in [-0.2, -0.15) is 5.26 Å². The summed E-state index contributed by atoms with van der Waals surface area (Å²) in [5.41, 5.74) is 0.514. The number of nitro groups is 1. The van der Waals surface area contributed by atoms with Gasteiger partial charge in [0.2, 0.25) is 0 Å². The van der Waals surface area contributed by atoms with E-state index in [1.807, 2.05) is 6.07 Å². The molecule has 5 nitrogen and oxygen atoms in total. The van der Waals surface area contributed by atoms with E-state index in [2.05, 4.69) is 0 Å². The van der Waals surface area contributed by atoms with Gasteiger partial charge in [-0.3, -0.25) is 10.1 Å². The van der Waals surface area contributed by atoms with Crippen molar-refractivity contribution in [1.29, 1.82) is 5.26 Å². The standard InChI is InChI=1S/C11H12N2O3/c1-8(6-12)7-16-11-5-3-4-10(9(11)2)13(14)15/h3-5,8H,7H2,1-2H3. The van der Waals surface area contributed by atoms with Crippen LogP contribution in [-0.2, 0) is 0 Å². The highest BCUT2D eigenvalue weighted by molar-refractivity contribution is 5.48. The maximum Gasteiger partial charge on any atom is 0.276 e. The Labute approximate surface area is 93.4 Å². The van der Waals surface area contributed by atoms with Crippen LogP contribution in [0.3, 0.4) is 0 Å². The van der Waals surface area contributed by atoms with Gasteiger partial charge in [-0.1, -0.05) is 6.07 Å². The molecule has 0 heterocycles. The molecule has 0 amide bonds. The van der Waals surface area contributed by atoms with Crippen LogP contribution in [0, 0.1) is 34.3 Å². The molecule has 5 heteroatoms. The lowest BCUT2D eigenvalue weighted by Crippen LogP contribution is -2.07.